The van der Waals surface area contributed by atoms with Gasteiger partial charge in [0, 0.05) is 11.3 Å². The van der Waals surface area contributed by atoms with Gasteiger partial charge in [-0.15, -0.1) is 0 Å². The molecule has 0 saturated heterocycles. The van der Waals surface area contributed by atoms with Gasteiger partial charge in [-0.2, -0.15) is 0 Å². The molecule has 0 aliphatic carbocycles. The van der Waals surface area contributed by atoms with Crippen molar-refractivity contribution in [2.75, 3.05) is 11.1 Å². The predicted molar refractivity (Wildman–Crippen MR) is 75.5 cm³/mol. The van der Waals surface area contributed by atoms with Gasteiger partial charge in [-0.25, -0.2) is 4.98 Å². The first-order valence-corrected chi connectivity index (χ1v) is 6.14. The van der Waals surface area contributed by atoms with Gasteiger partial charge in [0.05, 0.1) is 11.9 Å². The average Bonchev–Trinajstić information content (AvgIpc) is 2.35. The Morgan fingerprint density at radius 1 is 1.33 bits per heavy atom. The summed E-state index contributed by atoms with van der Waals surface area (Å²) in [5.41, 5.74) is 8.51. The molecule has 0 saturated carbocycles. The van der Waals surface area contributed by atoms with Gasteiger partial charge in [0.15, 0.2) is 0 Å². The zero-order valence-corrected chi connectivity index (χ0v) is 11.4. The first-order chi connectivity index (χ1) is 8.56. The highest BCUT2D eigenvalue weighted by Crippen LogP contribution is 2.15. The van der Waals surface area contributed by atoms with Crippen molar-refractivity contribution < 1.29 is 4.79 Å². The summed E-state index contributed by atoms with van der Waals surface area (Å²) in [6.07, 6.45) is 1.58. The molecule has 0 aliphatic heterocycles. The highest BCUT2D eigenvalue weighted by molar-refractivity contribution is 9.10. The minimum Gasteiger partial charge on any atom is -0.398 e. The minimum atomic E-state index is -0.203. The second-order valence-corrected chi connectivity index (χ2v) is 4.71. The Hall–Kier alpha value is -1.88. The average molecular weight is 306 g/mol. The van der Waals surface area contributed by atoms with Crippen LogP contribution in [0, 0.1) is 6.92 Å². The number of nitrogens with one attached hydrogen (secondary N) is 1. The number of rotatable bonds is 2. The van der Waals surface area contributed by atoms with E-state index in [1.807, 2.05) is 13.0 Å². The maximum Gasteiger partial charge on any atom is 0.255 e. The third-order valence-corrected chi connectivity index (χ3v) is 3.00. The Balaban J connectivity index is 2.16. The van der Waals surface area contributed by atoms with Crippen molar-refractivity contribution in [3.05, 3.63) is 52.3 Å². The molecule has 0 aliphatic rings. The number of pyridine rings is 1. The predicted octanol–water partition coefficient (Wildman–Crippen LogP) is 2.99. The quantitative estimate of drug-likeness (QED) is 0.662. The van der Waals surface area contributed by atoms with Gasteiger partial charge in [0.25, 0.3) is 5.91 Å². The fraction of sp³-hybridized carbons (Fsp3) is 0.0769. The molecule has 0 atom stereocenters. The minimum absolute atomic E-state index is 0.203. The summed E-state index contributed by atoms with van der Waals surface area (Å²) in [6.45, 7) is 1.90. The molecule has 0 radical (unpaired) electrons. The lowest BCUT2D eigenvalue weighted by Gasteiger charge is -2.06. The van der Waals surface area contributed by atoms with Gasteiger partial charge in [-0.1, -0.05) is 6.07 Å². The number of amides is 1. The lowest BCUT2D eigenvalue weighted by Crippen LogP contribution is -2.12. The van der Waals surface area contributed by atoms with Crippen molar-refractivity contribution in [2.24, 2.45) is 0 Å². The third kappa shape index (κ3) is 2.87. The molecule has 1 aromatic carbocycles. The largest absolute Gasteiger partial charge is 0.398 e. The van der Waals surface area contributed by atoms with Gasteiger partial charge in [0.1, 0.15) is 4.60 Å². The van der Waals surface area contributed by atoms with E-state index in [1.165, 1.54) is 0 Å². The number of aromatic nitrogens is 1. The molecule has 1 aromatic heterocycles. The van der Waals surface area contributed by atoms with Crippen LogP contribution in [0.3, 0.4) is 0 Å². The molecule has 1 heterocycles. The van der Waals surface area contributed by atoms with E-state index < -0.39 is 0 Å². The molecule has 0 fully saturated rings. The Morgan fingerprint density at radius 3 is 2.72 bits per heavy atom. The van der Waals surface area contributed by atoms with Crippen LogP contribution in [0.25, 0.3) is 0 Å². The van der Waals surface area contributed by atoms with Crippen molar-refractivity contribution in [3.63, 3.8) is 0 Å². The molecule has 0 bridgehead atoms. The fourth-order valence-electron chi connectivity index (χ4n) is 1.43. The number of carbonyl (C=O) groups excluding carboxylic acids is 1. The molecule has 18 heavy (non-hydrogen) atoms. The standard InChI is InChI=1S/C13H12BrN3O/c1-8-2-3-9(6-11(8)15)13(18)17-10-4-5-12(14)16-7-10/h2-7H,15H2,1H3,(H,17,18). The van der Waals surface area contributed by atoms with Crippen LogP contribution in [-0.4, -0.2) is 10.9 Å². The highest BCUT2D eigenvalue weighted by Gasteiger charge is 2.07. The van der Waals surface area contributed by atoms with Gasteiger partial charge in [-0.05, 0) is 52.7 Å². The number of halogens is 1. The summed E-state index contributed by atoms with van der Waals surface area (Å²) >= 11 is 3.23. The molecule has 1 amide bonds. The van der Waals surface area contributed by atoms with Gasteiger partial charge in [0.2, 0.25) is 0 Å². The Morgan fingerprint density at radius 2 is 2.11 bits per heavy atom. The number of nitrogens with zero attached hydrogens (tertiary/aromatic N) is 1. The first-order valence-electron chi connectivity index (χ1n) is 5.35. The number of carbonyl (C=O) groups is 1. The van der Waals surface area contributed by atoms with Gasteiger partial charge >= 0.3 is 0 Å². The second-order valence-electron chi connectivity index (χ2n) is 3.90. The number of hydrogen-bond acceptors (Lipinski definition) is 3. The lowest BCUT2D eigenvalue weighted by atomic mass is 10.1. The number of aryl methyl sites for hydroxylation is 1. The Bertz CT molecular complexity index is 581. The van der Waals surface area contributed by atoms with E-state index in [9.17, 15) is 4.79 Å². The second kappa shape index (κ2) is 5.18. The van der Waals surface area contributed by atoms with E-state index in [-0.39, 0.29) is 5.91 Å². The van der Waals surface area contributed by atoms with Crippen LogP contribution in [0.4, 0.5) is 11.4 Å². The maximum atomic E-state index is 12.0. The summed E-state index contributed by atoms with van der Waals surface area (Å²) in [5.74, 6) is -0.203. The van der Waals surface area contributed by atoms with Crippen LogP contribution >= 0.6 is 15.9 Å². The molecule has 0 spiro atoms. The summed E-state index contributed by atoms with van der Waals surface area (Å²) in [4.78, 5) is 16.0. The van der Waals surface area contributed by atoms with Crippen LogP contribution in [-0.2, 0) is 0 Å². The van der Waals surface area contributed by atoms with Gasteiger partial charge in [-0.3, -0.25) is 4.79 Å². The highest BCUT2D eigenvalue weighted by atomic mass is 79.9. The van der Waals surface area contributed by atoms with Gasteiger partial charge < -0.3 is 11.1 Å². The molecule has 5 heteroatoms. The van der Waals surface area contributed by atoms with Crippen LogP contribution in [0.1, 0.15) is 15.9 Å². The van der Waals surface area contributed by atoms with E-state index in [2.05, 4.69) is 26.2 Å². The molecule has 4 nitrogen and oxygen atoms in total. The van der Waals surface area contributed by atoms with Crippen molar-refractivity contribution in [3.8, 4) is 0 Å². The maximum absolute atomic E-state index is 12.0. The Labute approximate surface area is 113 Å². The molecule has 0 unspecified atom stereocenters. The molecular formula is C13H12BrN3O. The van der Waals surface area contributed by atoms with Crippen molar-refractivity contribution in [1.29, 1.82) is 0 Å². The zero-order chi connectivity index (χ0) is 13.1. The fourth-order valence-corrected chi connectivity index (χ4v) is 1.67. The summed E-state index contributed by atoms with van der Waals surface area (Å²) < 4.78 is 0.722. The molecule has 2 aromatic rings. The number of nitrogens with two attached hydrogens (primary N) is 1. The number of benzene rings is 1. The SMILES string of the molecule is Cc1ccc(C(=O)Nc2ccc(Br)nc2)cc1N. The van der Waals surface area contributed by atoms with Crippen LogP contribution < -0.4 is 11.1 Å². The molecule has 2 rings (SSSR count). The van der Waals surface area contributed by atoms with Crippen LogP contribution in [0.5, 0.6) is 0 Å². The molecule has 3 N–H and O–H groups in total. The number of hydrogen-bond donors (Lipinski definition) is 2. The molecule has 92 valence electrons. The monoisotopic (exact) mass is 305 g/mol. The van der Waals surface area contributed by atoms with Crippen molar-refractivity contribution in [1.82, 2.24) is 4.98 Å². The topological polar surface area (TPSA) is 68.0 Å². The zero-order valence-electron chi connectivity index (χ0n) is 9.77. The normalized spacial score (nSPS) is 10.1. The van der Waals surface area contributed by atoms with Crippen molar-refractivity contribution in [2.45, 2.75) is 6.92 Å². The smallest absolute Gasteiger partial charge is 0.255 e. The summed E-state index contributed by atoms with van der Waals surface area (Å²) in [6, 6.07) is 8.76. The van der Waals surface area contributed by atoms with Crippen LogP contribution in [0.15, 0.2) is 41.1 Å². The number of anilines is 2. The summed E-state index contributed by atoms with van der Waals surface area (Å²) in [5, 5.41) is 2.75. The number of nitrogen functional groups attached to an aromatic ring is 1. The first kappa shape index (κ1) is 12.6. The molecular weight excluding hydrogens is 294 g/mol. The van der Waals surface area contributed by atoms with E-state index in [1.54, 1.807) is 30.5 Å². The lowest BCUT2D eigenvalue weighted by molar-refractivity contribution is 0.102. The Kier molecular flexibility index (Phi) is 3.62. The van der Waals surface area contributed by atoms with Crippen LogP contribution in [0.2, 0.25) is 0 Å². The van der Waals surface area contributed by atoms with E-state index in [4.69, 9.17) is 5.73 Å². The summed E-state index contributed by atoms with van der Waals surface area (Å²) in [7, 11) is 0. The van der Waals surface area contributed by atoms with E-state index in [0.717, 1.165) is 10.2 Å². The third-order valence-electron chi connectivity index (χ3n) is 2.53. The van der Waals surface area contributed by atoms with E-state index in [0.29, 0.717) is 16.9 Å². The van der Waals surface area contributed by atoms with E-state index >= 15 is 0 Å². The van der Waals surface area contributed by atoms with Crippen molar-refractivity contribution >= 4 is 33.2 Å².